The minimum absolute atomic E-state index is 0.619. The third-order valence-electron chi connectivity index (χ3n) is 2.87. The molecule has 0 heterocycles. The molecule has 0 aromatic carbocycles. The molecule has 0 unspecified atom stereocenters. The molecule has 0 N–H and O–H groups in total. The molecular formula is C11H18ClN. The van der Waals surface area contributed by atoms with Gasteiger partial charge in [0.05, 0.1) is 0 Å². The van der Waals surface area contributed by atoms with Crippen LogP contribution in [0.5, 0.6) is 0 Å². The maximum Gasteiger partial charge on any atom is 0.0443 e. The Balaban J connectivity index is 1.77. The molecule has 2 aliphatic carbocycles. The van der Waals surface area contributed by atoms with Crippen molar-refractivity contribution in [2.45, 2.75) is 31.7 Å². The molecule has 2 fully saturated rings. The van der Waals surface area contributed by atoms with Gasteiger partial charge in [0.1, 0.15) is 0 Å². The number of rotatable bonds is 6. The van der Waals surface area contributed by atoms with Crippen molar-refractivity contribution in [3.8, 4) is 0 Å². The summed E-state index contributed by atoms with van der Waals surface area (Å²) in [5.74, 6) is 1.61. The van der Waals surface area contributed by atoms with Gasteiger partial charge in [-0.15, -0.1) is 11.6 Å². The highest BCUT2D eigenvalue weighted by Gasteiger charge is 2.33. The highest BCUT2D eigenvalue weighted by molar-refractivity contribution is 6.19. The van der Waals surface area contributed by atoms with Crippen molar-refractivity contribution in [1.29, 1.82) is 0 Å². The maximum atomic E-state index is 5.75. The van der Waals surface area contributed by atoms with Crippen LogP contribution in [0.1, 0.15) is 25.7 Å². The van der Waals surface area contributed by atoms with E-state index in [9.17, 15) is 0 Å². The smallest absolute Gasteiger partial charge is 0.0443 e. The molecule has 0 spiro atoms. The first-order valence-corrected chi connectivity index (χ1v) is 5.79. The summed E-state index contributed by atoms with van der Waals surface area (Å²) in [6.45, 7) is 6.30. The molecule has 0 aromatic rings. The van der Waals surface area contributed by atoms with Crippen LogP contribution < -0.4 is 0 Å². The Morgan fingerprint density at radius 1 is 1.31 bits per heavy atom. The van der Waals surface area contributed by atoms with Gasteiger partial charge in [0, 0.05) is 25.0 Å². The zero-order valence-corrected chi connectivity index (χ0v) is 8.89. The predicted molar refractivity (Wildman–Crippen MR) is 57.2 cm³/mol. The fourth-order valence-electron chi connectivity index (χ4n) is 1.74. The molecule has 2 rings (SSSR count). The zero-order valence-electron chi connectivity index (χ0n) is 8.14. The van der Waals surface area contributed by atoms with E-state index < -0.39 is 0 Å². The molecule has 0 atom stereocenters. The van der Waals surface area contributed by atoms with Crippen LogP contribution >= 0.6 is 11.6 Å². The lowest BCUT2D eigenvalue weighted by Crippen LogP contribution is -2.30. The minimum atomic E-state index is 0.619. The van der Waals surface area contributed by atoms with Crippen molar-refractivity contribution in [3.63, 3.8) is 0 Å². The Labute approximate surface area is 85.8 Å². The molecule has 0 aromatic heterocycles. The van der Waals surface area contributed by atoms with Gasteiger partial charge in [-0.2, -0.15) is 0 Å². The molecule has 0 saturated heterocycles. The lowest BCUT2D eigenvalue weighted by molar-refractivity contribution is 0.274. The van der Waals surface area contributed by atoms with Crippen molar-refractivity contribution in [2.24, 2.45) is 5.92 Å². The Morgan fingerprint density at radius 3 is 2.46 bits per heavy atom. The van der Waals surface area contributed by atoms with Crippen molar-refractivity contribution < 1.29 is 0 Å². The summed E-state index contributed by atoms with van der Waals surface area (Å²) < 4.78 is 0. The lowest BCUT2D eigenvalue weighted by atomic mass is 10.3. The molecule has 0 radical (unpaired) electrons. The predicted octanol–water partition coefficient (Wildman–Crippen LogP) is 2.66. The standard InChI is InChI=1S/C11H18ClN/c1-9(6-12)7-13(11-4-5-11)8-10-2-3-10/h10-11H,1-8H2. The van der Waals surface area contributed by atoms with Crippen LogP contribution in [-0.4, -0.2) is 29.9 Å². The highest BCUT2D eigenvalue weighted by Crippen LogP contribution is 2.35. The first-order valence-electron chi connectivity index (χ1n) is 5.26. The Kier molecular flexibility index (Phi) is 2.95. The molecule has 1 nitrogen and oxygen atoms in total. The highest BCUT2D eigenvalue weighted by atomic mass is 35.5. The maximum absolute atomic E-state index is 5.75. The minimum Gasteiger partial charge on any atom is -0.296 e. The number of hydrogen-bond donors (Lipinski definition) is 0. The van der Waals surface area contributed by atoms with Gasteiger partial charge < -0.3 is 0 Å². The molecule has 2 saturated carbocycles. The summed E-state index contributed by atoms with van der Waals surface area (Å²) in [6.07, 6.45) is 5.66. The van der Waals surface area contributed by atoms with Crippen LogP contribution in [0.2, 0.25) is 0 Å². The fraction of sp³-hybridized carbons (Fsp3) is 0.818. The third kappa shape index (κ3) is 2.99. The van der Waals surface area contributed by atoms with E-state index in [1.165, 1.54) is 37.8 Å². The van der Waals surface area contributed by atoms with Gasteiger partial charge in [0.15, 0.2) is 0 Å². The first kappa shape index (κ1) is 9.54. The number of nitrogens with zero attached hydrogens (tertiary/aromatic N) is 1. The number of halogens is 1. The first-order chi connectivity index (χ1) is 6.29. The molecule has 0 bridgehead atoms. The van der Waals surface area contributed by atoms with E-state index in [1.54, 1.807) is 0 Å². The summed E-state index contributed by atoms with van der Waals surface area (Å²) in [5, 5.41) is 0. The van der Waals surface area contributed by atoms with Gasteiger partial charge >= 0.3 is 0 Å². The average Bonchev–Trinajstić information content (AvgIpc) is 2.96. The summed E-state index contributed by atoms with van der Waals surface area (Å²) in [4.78, 5) is 2.59. The van der Waals surface area contributed by atoms with Crippen molar-refractivity contribution in [2.75, 3.05) is 19.0 Å². The summed E-state index contributed by atoms with van der Waals surface area (Å²) in [5.41, 5.74) is 1.18. The molecule has 0 amide bonds. The summed E-state index contributed by atoms with van der Waals surface area (Å²) in [6, 6.07) is 0.862. The third-order valence-corrected chi connectivity index (χ3v) is 3.25. The molecule has 13 heavy (non-hydrogen) atoms. The van der Waals surface area contributed by atoms with Gasteiger partial charge in [-0.1, -0.05) is 6.58 Å². The van der Waals surface area contributed by atoms with Gasteiger partial charge in [0.25, 0.3) is 0 Å². The van der Waals surface area contributed by atoms with Crippen molar-refractivity contribution in [1.82, 2.24) is 4.90 Å². The van der Waals surface area contributed by atoms with Crippen LogP contribution in [0.3, 0.4) is 0 Å². The van der Waals surface area contributed by atoms with E-state index >= 15 is 0 Å². The second kappa shape index (κ2) is 4.02. The second-order valence-corrected chi connectivity index (χ2v) is 4.75. The van der Waals surface area contributed by atoms with E-state index in [0.29, 0.717) is 5.88 Å². The largest absolute Gasteiger partial charge is 0.296 e. The Bertz CT molecular complexity index is 194. The fourth-order valence-corrected chi connectivity index (χ4v) is 1.83. The van der Waals surface area contributed by atoms with Crippen LogP contribution in [0.15, 0.2) is 12.2 Å². The summed E-state index contributed by atoms with van der Waals surface area (Å²) >= 11 is 5.75. The van der Waals surface area contributed by atoms with E-state index in [1.807, 2.05) is 0 Å². The van der Waals surface area contributed by atoms with E-state index in [2.05, 4.69) is 11.5 Å². The molecule has 0 aliphatic heterocycles. The Morgan fingerprint density at radius 2 is 2.00 bits per heavy atom. The molecule has 2 aliphatic rings. The van der Waals surface area contributed by atoms with Crippen LogP contribution in [0.4, 0.5) is 0 Å². The molecular weight excluding hydrogens is 182 g/mol. The van der Waals surface area contributed by atoms with E-state index in [0.717, 1.165) is 18.5 Å². The molecule has 74 valence electrons. The van der Waals surface area contributed by atoms with Gasteiger partial charge in [-0.25, -0.2) is 0 Å². The molecule has 2 heteroatoms. The average molecular weight is 200 g/mol. The second-order valence-electron chi connectivity index (χ2n) is 4.49. The number of alkyl halides is 1. The quantitative estimate of drug-likeness (QED) is 0.470. The van der Waals surface area contributed by atoms with Crippen LogP contribution in [-0.2, 0) is 0 Å². The Hall–Kier alpha value is -0.0100. The van der Waals surface area contributed by atoms with Gasteiger partial charge in [0.2, 0.25) is 0 Å². The number of hydrogen-bond acceptors (Lipinski definition) is 1. The van der Waals surface area contributed by atoms with E-state index in [-0.39, 0.29) is 0 Å². The van der Waals surface area contributed by atoms with Gasteiger partial charge in [-0.05, 0) is 37.2 Å². The van der Waals surface area contributed by atoms with Crippen LogP contribution in [0, 0.1) is 5.92 Å². The zero-order chi connectivity index (χ0) is 9.26. The van der Waals surface area contributed by atoms with Crippen molar-refractivity contribution in [3.05, 3.63) is 12.2 Å². The summed E-state index contributed by atoms with van der Waals surface area (Å²) in [7, 11) is 0. The van der Waals surface area contributed by atoms with E-state index in [4.69, 9.17) is 11.6 Å². The lowest BCUT2D eigenvalue weighted by Gasteiger charge is -2.22. The van der Waals surface area contributed by atoms with Crippen molar-refractivity contribution >= 4 is 11.6 Å². The normalized spacial score (nSPS) is 22.3. The SMILES string of the molecule is C=C(CCl)CN(CC1CC1)C1CC1. The van der Waals surface area contributed by atoms with Gasteiger partial charge in [-0.3, -0.25) is 4.90 Å². The monoisotopic (exact) mass is 199 g/mol. The topological polar surface area (TPSA) is 3.24 Å². The van der Waals surface area contributed by atoms with Crippen LogP contribution in [0.25, 0.3) is 0 Å².